The lowest BCUT2D eigenvalue weighted by atomic mass is 10.1. The monoisotopic (exact) mass is 229 g/mol. The van der Waals surface area contributed by atoms with Gasteiger partial charge in [-0.3, -0.25) is 0 Å². The fourth-order valence-electron chi connectivity index (χ4n) is 1.51. The minimum absolute atomic E-state index is 0.255. The van der Waals surface area contributed by atoms with Gasteiger partial charge in [0.2, 0.25) is 5.95 Å². The van der Waals surface area contributed by atoms with Gasteiger partial charge in [0, 0.05) is 24.7 Å². The minimum Gasteiger partial charge on any atom is -0.369 e. The first kappa shape index (κ1) is 11.3. The third-order valence-electron chi connectivity index (χ3n) is 2.26. The van der Waals surface area contributed by atoms with Crippen molar-refractivity contribution in [3.05, 3.63) is 36.4 Å². The number of aromatic nitrogens is 2. The predicted octanol–water partition coefficient (Wildman–Crippen LogP) is 1.10. The quantitative estimate of drug-likeness (QED) is 0.730. The molecule has 5 N–H and O–H groups in total. The first-order valence-electron chi connectivity index (χ1n) is 5.43. The van der Waals surface area contributed by atoms with E-state index < -0.39 is 0 Å². The molecule has 0 aliphatic heterocycles. The standard InChI is InChI=1S/C12H15N5/c13-6-7-15-11-8-10(16-12(14)17-11)9-4-2-1-3-5-9/h1-5,8H,6-7,13H2,(H3,14,15,16,17). The normalized spacial score (nSPS) is 10.2. The summed E-state index contributed by atoms with van der Waals surface area (Å²) in [6.07, 6.45) is 0. The maximum Gasteiger partial charge on any atom is 0.222 e. The number of anilines is 2. The van der Waals surface area contributed by atoms with Crippen LogP contribution in [0.4, 0.5) is 11.8 Å². The topological polar surface area (TPSA) is 89.8 Å². The summed E-state index contributed by atoms with van der Waals surface area (Å²) in [6.45, 7) is 1.20. The minimum atomic E-state index is 0.255. The van der Waals surface area contributed by atoms with Crippen LogP contribution >= 0.6 is 0 Å². The van der Waals surface area contributed by atoms with E-state index in [0.29, 0.717) is 18.9 Å². The Hall–Kier alpha value is -2.14. The Morgan fingerprint density at radius 2 is 1.88 bits per heavy atom. The second kappa shape index (κ2) is 5.27. The van der Waals surface area contributed by atoms with Crippen molar-refractivity contribution in [2.75, 3.05) is 24.1 Å². The average molecular weight is 229 g/mol. The number of nitrogens with zero attached hydrogens (tertiary/aromatic N) is 2. The Kier molecular flexibility index (Phi) is 3.52. The molecule has 0 spiro atoms. The van der Waals surface area contributed by atoms with Gasteiger partial charge in [-0.15, -0.1) is 0 Å². The molecular weight excluding hydrogens is 214 g/mol. The Balaban J connectivity index is 2.32. The summed E-state index contributed by atoms with van der Waals surface area (Å²) in [7, 11) is 0. The second-order valence-corrected chi connectivity index (χ2v) is 3.58. The zero-order valence-electron chi connectivity index (χ0n) is 9.43. The third-order valence-corrected chi connectivity index (χ3v) is 2.26. The first-order valence-corrected chi connectivity index (χ1v) is 5.43. The van der Waals surface area contributed by atoms with Gasteiger partial charge < -0.3 is 16.8 Å². The van der Waals surface area contributed by atoms with E-state index in [9.17, 15) is 0 Å². The smallest absolute Gasteiger partial charge is 0.222 e. The van der Waals surface area contributed by atoms with Gasteiger partial charge in [-0.1, -0.05) is 30.3 Å². The molecule has 0 unspecified atom stereocenters. The lowest BCUT2D eigenvalue weighted by Crippen LogP contribution is -2.14. The van der Waals surface area contributed by atoms with Gasteiger partial charge in [-0.05, 0) is 0 Å². The summed E-state index contributed by atoms with van der Waals surface area (Å²) in [5.74, 6) is 0.952. The number of benzene rings is 1. The van der Waals surface area contributed by atoms with Gasteiger partial charge in [0.15, 0.2) is 0 Å². The molecule has 2 aromatic rings. The Labute approximate surface area is 99.9 Å². The lowest BCUT2D eigenvalue weighted by Gasteiger charge is -2.07. The van der Waals surface area contributed by atoms with Crippen LogP contribution in [0.15, 0.2) is 36.4 Å². The number of nitrogens with one attached hydrogen (secondary N) is 1. The van der Waals surface area contributed by atoms with Gasteiger partial charge in [-0.25, -0.2) is 4.98 Å². The van der Waals surface area contributed by atoms with E-state index in [2.05, 4.69) is 15.3 Å². The molecule has 0 radical (unpaired) electrons. The molecule has 0 saturated carbocycles. The summed E-state index contributed by atoms with van der Waals surface area (Å²) in [5, 5.41) is 3.09. The number of hydrogen-bond donors (Lipinski definition) is 3. The van der Waals surface area contributed by atoms with E-state index in [0.717, 1.165) is 11.3 Å². The zero-order valence-corrected chi connectivity index (χ0v) is 9.43. The lowest BCUT2D eigenvalue weighted by molar-refractivity contribution is 1.01. The molecule has 0 aliphatic rings. The number of hydrogen-bond acceptors (Lipinski definition) is 5. The van der Waals surface area contributed by atoms with Crippen molar-refractivity contribution < 1.29 is 0 Å². The summed E-state index contributed by atoms with van der Waals surface area (Å²) >= 11 is 0. The summed E-state index contributed by atoms with van der Waals surface area (Å²) < 4.78 is 0. The maximum absolute atomic E-state index is 5.68. The van der Waals surface area contributed by atoms with E-state index in [4.69, 9.17) is 11.5 Å². The van der Waals surface area contributed by atoms with Crippen molar-refractivity contribution in [3.63, 3.8) is 0 Å². The molecule has 1 aromatic heterocycles. The molecule has 88 valence electrons. The molecule has 0 aliphatic carbocycles. The fourth-order valence-corrected chi connectivity index (χ4v) is 1.51. The van der Waals surface area contributed by atoms with Crippen molar-refractivity contribution in [2.45, 2.75) is 0 Å². The molecule has 5 nitrogen and oxygen atoms in total. The SMILES string of the molecule is NCCNc1cc(-c2ccccc2)nc(N)n1. The predicted molar refractivity (Wildman–Crippen MR) is 69.4 cm³/mol. The summed E-state index contributed by atoms with van der Waals surface area (Å²) in [4.78, 5) is 8.30. The highest BCUT2D eigenvalue weighted by atomic mass is 15.1. The van der Waals surface area contributed by atoms with E-state index in [-0.39, 0.29) is 5.95 Å². The molecule has 17 heavy (non-hydrogen) atoms. The zero-order chi connectivity index (χ0) is 12.1. The van der Waals surface area contributed by atoms with Crippen molar-refractivity contribution in [1.82, 2.24) is 9.97 Å². The second-order valence-electron chi connectivity index (χ2n) is 3.58. The highest BCUT2D eigenvalue weighted by molar-refractivity contribution is 5.63. The van der Waals surface area contributed by atoms with Crippen LogP contribution in [0.5, 0.6) is 0 Å². The highest BCUT2D eigenvalue weighted by Gasteiger charge is 2.03. The Bertz CT molecular complexity index is 484. The molecule has 5 heteroatoms. The van der Waals surface area contributed by atoms with Crippen LogP contribution in [-0.2, 0) is 0 Å². The van der Waals surface area contributed by atoms with E-state index in [1.807, 2.05) is 36.4 Å². The molecule has 0 bridgehead atoms. The van der Waals surface area contributed by atoms with Gasteiger partial charge >= 0.3 is 0 Å². The number of rotatable bonds is 4. The van der Waals surface area contributed by atoms with Crippen LogP contribution in [-0.4, -0.2) is 23.1 Å². The fraction of sp³-hybridized carbons (Fsp3) is 0.167. The molecule has 2 rings (SSSR count). The van der Waals surface area contributed by atoms with Crippen LogP contribution in [0.25, 0.3) is 11.3 Å². The Morgan fingerprint density at radius 3 is 2.59 bits per heavy atom. The van der Waals surface area contributed by atoms with E-state index in [1.54, 1.807) is 0 Å². The van der Waals surface area contributed by atoms with Crippen molar-refractivity contribution in [3.8, 4) is 11.3 Å². The Morgan fingerprint density at radius 1 is 1.12 bits per heavy atom. The maximum atomic E-state index is 5.68. The van der Waals surface area contributed by atoms with Gasteiger partial charge in [0.05, 0.1) is 5.69 Å². The van der Waals surface area contributed by atoms with Gasteiger partial charge in [-0.2, -0.15) is 4.98 Å². The van der Waals surface area contributed by atoms with Crippen molar-refractivity contribution in [1.29, 1.82) is 0 Å². The highest BCUT2D eigenvalue weighted by Crippen LogP contribution is 2.19. The molecule has 0 atom stereocenters. The first-order chi connectivity index (χ1) is 8.29. The van der Waals surface area contributed by atoms with Crippen LogP contribution in [0.2, 0.25) is 0 Å². The summed E-state index contributed by atoms with van der Waals surface area (Å²) in [5.41, 5.74) is 12.9. The molecule has 1 aromatic carbocycles. The summed E-state index contributed by atoms with van der Waals surface area (Å²) in [6, 6.07) is 11.7. The van der Waals surface area contributed by atoms with Crippen molar-refractivity contribution >= 4 is 11.8 Å². The van der Waals surface area contributed by atoms with Crippen LogP contribution in [0.3, 0.4) is 0 Å². The molecule has 0 saturated heterocycles. The number of nitrogens with two attached hydrogens (primary N) is 2. The van der Waals surface area contributed by atoms with Gasteiger partial charge in [0.25, 0.3) is 0 Å². The average Bonchev–Trinajstić information content (AvgIpc) is 2.37. The van der Waals surface area contributed by atoms with Crippen LogP contribution in [0.1, 0.15) is 0 Å². The largest absolute Gasteiger partial charge is 0.369 e. The molecule has 0 fully saturated rings. The van der Waals surface area contributed by atoms with Crippen molar-refractivity contribution in [2.24, 2.45) is 5.73 Å². The third kappa shape index (κ3) is 2.92. The van der Waals surface area contributed by atoms with Crippen LogP contribution in [0, 0.1) is 0 Å². The van der Waals surface area contributed by atoms with E-state index >= 15 is 0 Å². The van der Waals surface area contributed by atoms with Crippen LogP contribution < -0.4 is 16.8 Å². The molecular formula is C12H15N5. The number of nitrogen functional groups attached to an aromatic ring is 1. The molecule has 1 heterocycles. The van der Waals surface area contributed by atoms with Gasteiger partial charge in [0.1, 0.15) is 5.82 Å². The van der Waals surface area contributed by atoms with E-state index in [1.165, 1.54) is 0 Å². The molecule has 0 amide bonds.